The average Bonchev–Trinajstić information content (AvgIpc) is 3.43. The zero-order valence-electron chi connectivity index (χ0n) is 20.1. The van der Waals surface area contributed by atoms with Crippen LogP contribution in [-0.4, -0.2) is 21.7 Å². The van der Waals surface area contributed by atoms with E-state index in [4.69, 9.17) is 11.6 Å². The SMILES string of the molecule is O=C(c1ccc(Cl)cc1)c1nc2c(ccc3ccccc32)s1.O=C(c1ccccc1)C(O)c1ccccc1. The molecule has 6 heteroatoms. The van der Waals surface area contributed by atoms with Gasteiger partial charge in [-0.15, -0.1) is 11.3 Å². The van der Waals surface area contributed by atoms with E-state index in [1.807, 2.05) is 36.4 Å². The van der Waals surface area contributed by atoms with Gasteiger partial charge in [0.2, 0.25) is 5.78 Å². The first-order chi connectivity index (χ1) is 18.5. The van der Waals surface area contributed by atoms with Crippen LogP contribution in [0.15, 0.2) is 121 Å². The second-order valence-corrected chi connectivity index (χ2v) is 10.00. The van der Waals surface area contributed by atoms with Gasteiger partial charge in [-0.1, -0.05) is 103 Å². The van der Waals surface area contributed by atoms with Gasteiger partial charge in [0.1, 0.15) is 6.10 Å². The Morgan fingerprint density at radius 3 is 2.05 bits per heavy atom. The van der Waals surface area contributed by atoms with E-state index >= 15 is 0 Å². The van der Waals surface area contributed by atoms with E-state index in [0.29, 0.717) is 26.7 Å². The average molecular weight is 536 g/mol. The highest BCUT2D eigenvalue weighted by molar-refractivity contribution is 7.20. The van der Waals surface area contributed by atoms with Gasteiger partial charge in [-0.2, -0.15) is 0 Å². The molecule has 1 unspecified atom stereocenters. The number of aromatic nitrogens is 1. The fraction of sp³-hybridized carbons (Fsp3) is 0.0312. The van der Waals surface area contributed by atoms with Crippen LogP contribution in [0.4, 0.5) is 0 Å². The number of benzene rings is 5. The number of aliphatic hydroxyl groups is 1. The zero-order chi connectivity index (χ0) is 26.5. The number of thiazole rings is 1. The first kappa shape index (κ1) is 25.5. The largest absolute Gasteiger partial charge is 0.380 e. The molecule has 0 bridgehead atoms. The molecule has 1 N–H and O–H groups in total. The Kier molecular flexibility index (Phi) is 7.70. The summed E-state index contributed by atoms with van der Waals surface area (Å²) < 4.78 is 1.02. The summed E-state index contributed by atoms with van der Waals surface area (Å²) in [5.41, 5.74) is 2.64. The molecule has 0 amide bonds. The Morgan fingerprint density at radius 2 is 1.34 bits per heavy atom. The number of Topliss-reactive ketones (excluding diaryl/α,β-unsaturated/α-hetero) is 1. The minimum Gasteiger partial charge on any atom is -0.380 e. The summed E-state index contributed by atoms with van der Waals surface area (Å²) in [4.78, 5) is 29.0. The Hall–Kier alpha value is -4.16. The van der Waals surface area contributed by atoms with E-state index in [1.54, 1.807) is 72.8 Å². The molecule has 0 fully saturated rings. The monoisotopic (exact) mass is 535 g/mol. The van der Waals surface area contributed by atoms with Gasteiger partial charge >= 0.3 is 0 Å². The van der Waals surface area contributed by atoms with Crippen LogP contribution in [0.1, 0.15) is 37.4 Å². The fourth-order valence-electron chi connectivity index (χ4n) is 4.03. The van der Waals surface area contributed by atoms with Crippen molar-refractivity contribution in [2.45, 2.75) is 6.10 Å². The molecule has 6 rings (SSSR count). The molecule has 0 saturated heterocycles. The van der Waals surface area contributed by atoms with Gasteiger partial charge in [0.15, 0.2) is 10.8 Å². The van der Waals surface area contributed by atoms with E-state index in [2.05, 4.69) is 17.1 Å². The van der Waals surface area contributed by atoms with Gasteiger partial charge in [-0.3, -0.25) is 9.59 Å². The minimum absolute atomic E-state index is 0.0676. The van der Waals surface area contributed by atoms with E-state index in [1.165, 1.54) is 11.3 Å². The number of nitrogens with zero attached hydrogens (tertiary/aromatic N) is 1. The van der Waals surface area contributed by atoms with Gasteiger partial charge in [0.25, 0.3) is 0 Å². The number of ketones is 2. The summed E-state index contributed by atoms with van der Waals surface area (Å²) in [6.07, 6.45) is -1.08. The molecule has 0 aliphatic rings. The van der Waals surface area contributed by atoms with Gasteiger partial charge < -0.3 is 5.11 Å². The number of hydrogen-bond acceptors (Lipinski definition) is 5. The number of hydrogen-bond donors (Lipinski definition) is 1. The molecule has 38 heavy (non-hydrogen) atoms. The third-order valence-corrected chi connectivity index (χ3v) is 7.28. The maximum absolute atomic E-state index is 12.6. The normalized spacial score (nSPS) is 11.5. The number of halogens is 1. The van der Waals surface area contributed by atoms with Crippen molar-refractivity contribution in [3.63, 3.8) is 0 Å². The van der Waals surface area contributed by atoms with Crippen LogP contribution in [0.5, 0.6) is 0 Å². The lowest BCUT2D eigenvalue weighted by Crippen LogP contribution is -2.11. The summed E-state index contributed by atoms with van der Waals surface area (Å²) in [5, 5.41) is 13.2. The van der Waals surface area contributed by atoms with Crippen molar-refractivity contribution in [2.24, 2.45) is 0 Å². The highest BCUT2D eigenvalue weighted by Crippen LogP contribution is 2.30. The molecular weight excluding hydrogens is 514 g/mol. The lowest BCUT2D eigenvalue weighted by molar-refractivity contribution is 0.0747. The molecule has 5 aromatic carbocycles. The van der Waals surface area contributed by atoms with Crippen LogP contribution >= 0.6 is 22.9 Å². The van der Waals surface area contributed by atoms with E-state index in [-0.39, 0.29) is 11.6 Å². The van der Waals surface area contributed by atoms with E-state index < -0.39 is 6.10 Å². The van der Waals surface area contributed by atoms with Crippen LogP contribution in [0.2, 0.25) is 5.02 Å². The lowest BCUT2D eigenvalue weighted by Gasteiger charge is -2.09. The molecule has 0 aliphatic heterocycles. The molecule has 1 aromatic heterocycles. The first-order valence-corrected chi connectivity index (χ1v) is 13.1. The van der Waals surface area contributed by atoms with Crippen molar-refractivity contribution < 1.29 is 14.7 Å². The van der Waals surface area contributed by atoms with Crippen LogP contribution in [0, 0.1) is 0 Å². The molecule has 186 valence electrons. The fourth-order valence-corrected chi connectivity index (χ4v) is 5.10. The Labute approximate surface area is 228 Å². The van der Waals surface area contributed by atoms with Crippen molar-refractivity contribution in [1.82, 2.24) is 4.98 Å². The van der Waals surface area contributed by atoms with Crippen molar-refractivity contribution >= 4 is 55.5 Å². The molecule has 1 heterocycles. The minimum atomic E-state index is -1.08. The Morgan fingerprint density at radius 1 is 0.711 bits per heavy atom. The maximum atomic E-state index is 12.6. The standard InChI is InChI=1S/C18H10ClNOS.C14H12O2/c19-13-8-5-12(6-9-13)17(21)18-20-16-14-4-2-1-3-11(14)7-10-15(16)22-18;15-13(11-7-3-1-4-8-11)14(16)12-9-5-2-6-10-12/h1-10H;1-10,13,15H. The summed E-state index contributed by atoms with van der Waals surface area (Å²) in [7, 11) is 0. The predicted molar refractivity (Wildman–Crippen MR) is 154 cm³/mol. The molecular formula is C32H22ClNO3S. The second-order valence-electron chi connectivity index (χ2n) is 8.53. The Bertz CT molecular complexity index is 1710. The molecule has 4 nitrogen and oxygen atoms in total. The van der Waals surface area contributed by atoms with Crippen molar-refractivity contribution in [1.29, 1.82) is 0 Å². The highest BCUT2D eigenvalue weighted by Gasteiger charge is 2.18. The van der Waals surface area contributed by atoms with Crippen molar-refractivity contribution in [3.05, 3.63) is 148 Å². The number of rotatable bonds is 5. The first-order valence-electron chi connectivity index (χ1n) is 11.9. The van der Waals surface area contributed by atoms with Gasteiger partial charge in [-0.05, 0) is 41.3 Å². The number of aliphatic hydroxyl groups excluding tert-OH is 1. The molecule has 1 atom stereocenters. The molecule has 6 aromatic rings. The van der Waals surface area contributed by atoms with Crippen molar-refractivity contribution in [2.75, 3.05) is 0 Å². The molecule has 0 spiro atoms. The van der Waals surface area contributed by atoms with Gasteiger partial charge in [0, 0.05) is 21.5 Å². The zero-order valence-corrected chi connectivity index (χ0v) is 21.7. The van der Waals surface area contributed by atoms with Gasteiger partial charge in [0.05, 0.1) is 10.2 Å². The number of fused-ring (bicyclic) bond motifs is 3. The molecule has 0 saturated carbocycles. The summed E-state index contributed by atoms with van der Waals surface area (Å²) >= 11 is 7.29. The van der Waals surface area contributed by atoms with E-state index in [0.717, 1.165) is 21.0 Å². The maximum Gasteiger partial charge on any atom is 0.221 e. The van der Waals surface area contributed by atoms with Crippen LogP contribution in [0.3, 0.4) is 0 Å². The quantitative estimate of drug-likeness (QED) is 0.227. The molecule has 0 aliphatic carbocycles. The summed E-state index contributed by atoms with van der Waals surface area (Å²) in [6.45, 7) is 0. The topological polar surface area (TPSA) is 67.3 Å². The third kappa shape index (κ3) is 5.55. The predicted octanol–water partition coefficient (Wildman–Crippen LogP) is 7.94. The van der Waals surface area contributed by atoms with Gasteiger partial charge in [-0.25, -0.2) is 4.98 Å². The Balaban J connectivity index is 0.000000163. The summed E-state index contributed by atoms with van der Waals surface area (Å²) in [6, 6.07) is 36.8. The lowest BCUT2D eigenvalue weighted by atomic mass is 10.0. The smallest absolute Gasteiger partial charge is 0.221 e. The van der Waals surface area contributed by atoms with Crippen LogP contribution in [0.25, 0.3) is 21.0 Å². The number of carbonyl (C=O) groups excluding carboxylic acids is 2. The number of carbonyl (C=O) groups is 2. The molecule has 0 radical (unpaired) electrons. The second kappa shape index (κ2) is 11.5. The van der Waals surface area contributed by atoms with Crippen LogP contribution < -0.4 is 0 Å². The summed E-state index contributed by atoms with van der Waals surface area (Å²) in [5.74, 6) is -0.339. The third-order valence-electron chi connectivity index (χ3n) is 6.01. The van der Waals surface area contributed by atoms with E-state index in [9.17, 15) is 14.7 Å². The van der Waals surface area contributed by atoms with Crippen molar-refractivity contribution in [3.8, 4) is 0 Å². The van der Waals surface area contributed by atoms with Crippen LogP contribution in [-0.2, 0) is 0 Å². The highest BCUT2D eigenvalue weighted by atomic mass is 35.5.